The van der Waals surface area contributed by atoms with Crippen molar-refractivity contribution >= 4 is 14.0 Å². The van der Waals surface area contributed by atoms with Crippen molar-refractivity contribution in [2.24, 2.45) is 0 Å². The lowest BCUT2D eigenvalue weighted by atomic mass is 10.6. The van der Waals surface area contributed by atoms with Crippen LogP contribution < -0.4 is 0 Å². The molecule has 0 heterocycles. The van der Waals surface area contributed by atoms with Crippen molar-refractivity contribution in [2.45, 2.75) is 6.92 Å². The van der Waals surface area contributed by atoms with Crippen molar-refractivity contribution in [3.8, 4) is 0 Å². The fourth-order valence-electron chi connectivity index (χ4n) is 0.488. The second kappa shape index (κ2) is 6.95. The summed E-state index contributed by atoms with van der Waals surface area (Å²) in [5, 5.41) is 0. The SMILES string of the molecule is C=CC(=O)OCC[P+](=O)OCC. The molecule has 12 heavy (non-hydrogen) atoms. The maximum Gasteiger partial charge on any atom is 0.511 e. The Morgan fingerprint density at radius 3 is 2.83 bits per heavy atom. The van der Waals surface area contributed by atoms with Gasteiger partial charge < -0.3 is 4.74 Å². The first kappa shape index (κ1) is 11.3. The van der Waals surface area contributed by atoms with Crippen LogP contribution in [-0.2, 0) is 18.6 Å². The first-order valence-electron chi connectivity index (χ1n) is 3.57. The van der Waals surface area contributed by atoms with Gasteiger partial charge in [0.15, 0.2) is 0 Å². The summed E-state index contributed by atoms with van der Waals surface area (Å²) >= 11 is 0. The molecule has 5 heteroatoms. The van der Waals surface area contributed by atoms with Crippen molar-refractivity contribution in [1.29, 1.82) is 0 Å². The van der Waals surface area contributed by atoms with Gasteiger partial charge in [0.05, 0.1) is 6.61 Å². The highest BCUT2D eigenvalue weighted by Crippen LogP contribution is 2.20. The summed E-state index contributed by atoms with van der Waals surface area (Å²) < 4.78 is 20.2. The smallest absolute Gasteiger partial charge is 0.458 e. The summed E-state index contributed by atoms with van der Waals surface area (Å²) in [5.74, 6) is -0.505. The van der Waals surface area contributed by atoms with Crippen molar-refractivity contribution < 1.29 is 18.6 Å². The van der Waals surface area contributed by atoms with E-state index in [4.69, 9.17) is 4.52 Å². The molecule has 0 aromatic rings. The minimum Gasteiger partial charge on any atom is -0.458 e. The molecule has 0 N–H and O–H groups in total. The molecule has 0 aliphatic rings. The largest absolute Gasteiger partial charge is 0.511 e. The van der Waals surface area contributed by atoms with Crippen molar-refractivity contribution in [2.75, 3.05) is 19.4 Å². The van der Waals surface area contributed by atoms with Gasteiger partial charge in [0.2, 0.25) is 6.16 Å². The van der Waals surface area contributed by atoms with Gasteiger partial charge in [0.25, 0.3) is 0 Å². The summed E-state index contributed by atoms with van der Waals surface area (Å²) in [6, 6.07) is 0. The van der Waals surface area contributed by atoms with Crippen LogP contribution in [0.4, 0.5) is 0 Å². The summed E-state index contributed by atoms with van der Waals surface area (Å²) in [5.41, 5.74) is 0. The van der Waals surface area contributed by atoms with Crippen LogP contribution in [-0.4, -0.2) is 25.3 Å². The van der Waals surface area contributed by atoms with E-state index in [2.05, 4.69) is 11.3 Å². The van der Waals surface area contributed by atoms with E-state index in [0.29, 0.717) is 6.61 Å². The minimum absolute atomic E-state index is 0.111. The zero-order chi connectivity index (χ0) is 9.40. The summed E-state index contributed by atoms with van der Waals surface area (Å²) in [7, 11) is -1.68. The lowest BCUT2D eigenvalue weighted by molar-refractivity contribution is -0.137. The van der Waals surface area contributed by atoms with E-state index in [1.54, 1.807) is 6.92 Å². The maximum atomic E-state index is 10.8. The topological polar surface area (TPSA) is 52.6 Å². The highest BCUT2D eigenvalue weighted by atomic mass is 31.1. The van der Waals surface area contributed by atoms with E-state index >= 15 is 0 Å². The number of hydrogen-bond acceptors (Lipinski definition) is 4. The Labute approximate surface area is 72.4 Å². The van der Waals surface area contributed by atoms with Crippen LogP contribution in [0.1, 0.15) is 6.92 Å². The molecule has 0 aromatic heterocycles. The first-order valence-corrected chi connectivity index (χ1v) is 4.93. The highest BCUT2D eigenvalue weighted by molar-refractivity contribution is 7.39. The third-order valence-corrected chi connectivity index (χ3v) is 2.05. The Bertz CT molecular complexity index is 178. The molecule has 0 aromatic carbocycles. The Morgan fingerprint density at radius 1 is 1.67 bits per heavy atom. The Morgan fingerprint density at radius 2 is 2.33 bits per heavy atom. The highest BCUT2D eigenvalue weighted by Gasteiger charge is 2.15. The fraction of sp³-hybridized carbons (Fsp3) is 0.571. The Hall–Kier alpha value is -0.730. The predicted molar refractivity (Wildman–Crippen MR) is 45.3 cm³/mol. The molecule has 4 nitrogen and oxygen atoms in total. The number of esters is 1. The van der Waals surface area contributed by atoms with E-state index in [1.807, 2.05) is 0 Å². The molecular weight excluding hydrogens is 179 g/mol. The van der Waals surface area contributed by atoms with Gasteiger partial charge in [-0.15, -0.1) is 4.52 Å². The van der Waals surface area contributed by atoms with Crippen LogP contribution >= 0.6 is 8.03 Å². The third kappa shape index (κ3) is 6.01. The molecule has 0 amide bonds. The molecule has 0 rings (SSSR count). The van der Waals surface area contributed by atoms with Crippen LogP contribution in [0.5, 0.6) is 0 Å². The fourth-order valence-corrected chi connectivity index (χ4v) is 1.15. The molecule has 68 valence electrons. The second-order valence-corrected chi connectivity index (χ2v) is 3.22. The van der Waals surface area contributed by atoms with Gasteiger partial charge in [-0.2, -0.15) is 0 Å². The third-order valence-electron chi connectivity index (χ3n) is 0.958. The van der Waals surface area contributed by atoms with Crippen LogP contribution in [0, 0.1) is 0 Å². The van der Waals surface area contributed by atoms with Gasteiger partial charge in [-0.25, -0.2) is 4.79 Å². The molecule has 0 radical (unpaired) electrons. The molecule has 0 aliphatic heterocycles. The van der Waals surface area contributed by atoms with E-state index in [1.165, 1.54) is 0 Å². The quantitative estimate of drug-likeness (QED) is 0.362. The van der Waals surface area contributed by atoms with Gasteiger partial charge in [-0.1, -0.05) is 6.58 Å². The number of ether oxygens (including phenoxy) is 1. The second-order valence-electron chi connectivity index (χ2n) is 1.85. The number of carbonyl (C=O) groups is 1. The lowest BCUT2D eigenvalue weighted by Gasteiger charge is -1.93. The number of rotatable bonds is 6. The van der Waals surface area contributed by atoms with Gasteiger partial charge in [-0.3, -0.25) is 0 Å². The minimum atomic E-state index is -1.68. The standard InChI is InChI=1S/C7H12O4P/c1-3-7(8)10-5-6-12(9)11-4-2/h3H,1,4-6H2,2H3/q+1. The van der Waals surface area contributed by atoms with Crippen LogP contribution in [0.25, 0.3) is 0 Å². The van der Waals surface area contributed by atoms with Crippen LogP contribution in [0.2, 0.25) is 0 Å². The monoisotopic (exact) mass is 191 g/mol. The number of carbonyl (C=O) groups excluding carboxylic acids is 1. The molecule has 0 saturated carbocycles. The summed E-state index contributed by atoms with van der Waals surface area (Å²) in [6.45, 7) is 5.49. The van der Waals surface area contributed by atoms with Gasteiger partial charge in [-0.05, 0) is 11.5 Å². The first-order chi connectivity index (χ1) is 5.70. The van der Waals surface area contributed by atoms with E-state index < -0.39 is 14.0 Å². The average Bonchev–Trinajstić information content (AvgIpc) is 2.04. The molecule has 0 spiro atoms. The maximum absolute atomic E-state index is 10.8. The Balaban J connectivity index is 3.36. The van der Waals surface area contributed by atoms with E-state index in [-0.39, 0.29) is 12.8 Å². The molecule has 0 fully saturated rings. The van der Waals surface area contributed by atoms with Crippen LogP contribution in [0.15, 0.2) is 12.7 Å². The number of hydrogen-bond donors (Lipinski definition) is 0. The van der Waals surface area contributed by atoms with Crippen LogP contribution in [0.3, 0.4) is 0 Å². The molecule has 0 saturated heterocycles. The predicted octanol–water partition coefficient (Wildman–Crippen LogP) is 1.49. The summed E-state index contributed by atoms with van der Waals surface area (Å²) in [6.07, 6.45) is 1.30. The normalized spacial score (nSPS) is 10.6. The molecule has 1 atom stereocenters. The molecule has 0 aliphatic carbocycles. The zero-order valence-corrected chi connectivity index (χ0v) is 7.88. The Kier molecular flexibility index (Phi) is 6.53. The zero-order valence-electron chi connectivity index (χ0n) is 6.99. The van der Waals surface area contributed by atoms with Crippen molar-refractivity contribution in [3.05, 3.63) is 12.7 Å². The van der Waals surface area contributed by atoms with Crippen molar-refractivity contribution in [3.63, 3.8) is 0 Å². The summed E-state index contributed by atoms with van der Waals surface area (Å²) in [4.78, 5) is 10.5. The van der Waals surface area contributed by atoms with Crippen molar-refractivity contribution in [1.82, 2.24) is 0 Å². The van der Waals surface area contributed by atoms with Gasteiger partial charge in [0.1, 0.15) is 6.61 Å². The van der Waals surface area contributed by atoms with E-state index in [9.17, 15) is 9.36 Å². The molecular formula is C7H12O4P+. The van der Waals surface area contributed by atoms with Gasteiger partial charge in [0, 0.05) is 6.08 Å². The molecule has 1 unspecified atom stereocenters. The van der Waals surface area contributed by atoms with E-state index in [0.717, 1.165) is 6.08 Å². The average molecular weight is 191 g/mol. The molecule has 0 bridgehead atoms. The van der Waals surface area contributed by atoms with Gasteiger partial charge >= 0.3 is 14.0 Å². The lowest BCUT2D eigenvalue weighted by Crippen LogP contribution is -2.03.